The van der Waals surface area contributed by atoms with Crippen molar-refractivity contribution < 1.29 is 4.79 Å². The first-order valence-corrected chi connectivity index (χ1v) is 7.33. The molecule has 2 unspecified atom stereocenters. The van der Waals surface area contributed by atoms with Crippen molar-refractivity contribution in [2.24, 2.45) is 5.92 Å². The van der Waals surface area contributed by atoms with Crippen LogP contribution < -0.4 is 10.6 Å². The van der Waals surface area contributed by atoms with Gasteiger partial charge in [0.25, 0.3) is 0 Å². The summed E-state index contributed by atoms with van der Waals surface area (Å²) in [6, 6.07) is 10.6. The van der Waals surface area contributed by atoms with Gasteiger partial charge in [-0.3, -0.25) is 4.79 Å². The number of nitrogens with one attached hydrogen (secondary N) is 2. The summed E-state index contributed by atoms with van der Waals surface area (Å²) in [5.74, 6) is 0.840. The Morgan fingerprint density at radius 3 is 2.79 bits per heavy atom. The molecule has 1 aliphatic carbocycles. The maximum atomic E-state index is 11.8. The molecule has 0 bridgehead atoms. The molecule has 1 fully saturated rings. The molecule has 0 radical (unpaired) electrons. The van der Waals surface area contributed by atoms with E-state index < -0.39 is 0 Å². The van der Waals surface area contributed by atoms with Crippen LogP contribution >= 0.6 is 0 Å². The predicted octanol–water partition coefficient (Wildman–Crippen LogP) is 2.47. The Balaban J connectivity index is 1.67. The molecular formula is C16H24N2O. The van der Waals surface area contributed by atoms with Gasteiger partial charge >= 0.3 is 0 Å². The Bertz CT molecular complexity index is 391. The second kappa shape index (κ2) is 7.29. The van der Waals surface area contributed by atoms with Crippen molar-refractivity contribution in [1.82, 2.24) is 10.6 Å². The summed E-state index contributed by atoms with van der Waals surface area (Å²) < 4.78 is 0. The van der Waals surface area contributed by atoms with Gasteiger partial charge < -0.3 is 10.6 Å². The number of benzene rings is 1. The first-order chi connectivity index (χ1) is 9.29. The molecule has 0 spiro atoms. The molecule has 1 aromatic carbocycles. The molecule has 0 aromatic heterocycles. The highest BCUT2D eigenvalue weighted by Gasteiger charge is 2.25. The number of hydrogen-bond donors (Lipinski definition) is 2. The number of carbonyl (C=O) groups excluding carboxylic acids is 1. The summed E-state index contributed by atoms with van der Waals surface area (Å²) >= 11 is 0. The molecule has 19 heavy (non-hydrogen) atoms. The van der Waals surface area contributed by atoms with E-state index >= 15 is 0 Å². The molecule has 1 aliphatic rings. The van der Waals surface area contributed by atoms with Gasteiger partial charge in [0.1, 0.15) is 0 Å². The Labute approximate surface area is 115 Å². The second-order valence-corrected chi connectivity index (χ2v) is 5.35. The molecule has 2 rings (SSSR count). The highest BCUT2D eigenvalue weighted by molar-refractivity contribution is 5.78. The van der Waals surface area contributed by atoms with Gasteiger partial charge in [-0.15, -0.1) is 0 Å². The Morgan fingerprint density at radius 1 is 1.26 bits per heavy atom. The van der Waals surface area contributed by atoms with Gasteiger partial charge in [-0.05, 0) is 24.3 Å². The molecular weight excluding hydrogens is 236 g/mol. The fourth-order valence-electron chi connectivity index (χ4n) is 2.88. The normalized spacial score (nSPS) is 22.4. The summed E-state index contributed by atoms with van der Waals surface area (Å²) in [7, 11) is 0. The summed E-state index contributed by atoms with van der Waals surface area (Å²) in [6.45, 7) is 3.29. The molecule has 104 valence electrons. The smallest absolute Gasteiger partial charge is 0.234 e. The van der Waals surface area contributed by atoms with Crippen molar-refractivity contribution in [3.63, 3.8) is 0 Å². The topological polar surface area (TPSA) is 41.1 Å². The number of rotatable bonds is 6. The van der Waals surface area contributed by atoms with Crippen LogP contribution in [0.25, 0.3) is 0 Å². The van der Waals surface area contributed by atoms with E-state index in [1.54, 1.807) is 0 Å². The van der Waals surface area contributed by atoms with Gasteiger partial charge in [0, 0.05) is 12.6 Å². The van der Waals surface area contributed by atoms with Crippen LogP contribution in [0.15, 0.2) is 30.3 Å². The van der Waals surface area contributed by atoms with Gasteiger partial charge in [0.15, 0.2) is 0 Å². The Morgan fingerprint density at radius 2 is 2.05 bits per heavy atom. The third-order valence-electron chi connectivity index (χ3n) is 4.04. The Kier molecular flexibility index (Phi) is 5.40. The van der Waals surface area contributed by atoms with Crippen LogP contribution in [0.5, 0.6) is 0 Å². The lowest BCUT2D eigenvalue weighted by Crippen LogP contribution is -2.40. The summed E-state index contributed by atoms with van der Waals surface area (Å²) in [6.07, 6.45) is 5.02. The minimum atomic E-state index is 0.0885. The van der Waals surface area contributed by atoms with Crippen molar-refractivity contribution >= 4 is 5.91 Å². The number of amides is 1. The summed E-state index contributed by atoms with van der Waals surface area (Å²) in [4.78, 5) is 11.8. The van der Waals surface area contributed by atoms with E-state index in [2.05, 4.69) is 17.6 Å². The average Bonchev–Trinajstić information content (AvgIpc) is 2.91. The van der Waals surface area contributed by atoms with Gasteiger partial charge in [0.05, 0.1) is 6.54 Å². The van der Waals surface area contributed by atoms with E-state index in [1.807, 2.05) is 30.3 Å². The van der Waals surface area contributed by atoms with Gasteiger partial charge in [-0.2, -0.15) is 0 Å². The maximum absolute atomic E-state index is 11.8. The van der Waals surface area contributed by atoms with E-state index in [-0.39, 0.29) is 5.91 Å². The molecule has 2 atom stereocenters. The molecule has 0 heterocycles. The van der Waals surface area contributed by atoms with Gasteiger partial charge in [-0.1, -0.05) is 50.1 Å². The largest absolute Gasteiger partial charge is 0.351 e. The zero-order valence-electron chi connectivity index (χ0n) is 11.7. The molecule has 0 saturated heterocycles. The van der Waals surface area contributed by atoms with Crippen LogP contribution in [-0.4, -0.2) is 18.5 Å². The first-order valence-electron chi connectivity index (χ1n) is 7.33. The highest BCUT2D eigenvalue weighted by atomic mass is 16.1. The quantitative estimate of drug-likeness (QED) is 0.825. The minimum absolute atomic E-state index is 0.0885. The molecule has 1 amide bonds. The van der Waals surface area contributed by atoms with Crippen molar-refractivity contribution in [3.8, 4) is 0 Å². The maximum Gasteiger partial charge on any atom is 0.234 e. The summed E-state index contributed by atoms with van der Waals surface area (Å²) in [5.41, 5.74) is 1.14. The average molecular weight is 260 g/mol. The molecule has 2 N–H and O–H groups in total. The standard InChI is InChI=1S/C16H24N2O/c1-2-14-9-6-10-15(14)17-12-16(19)18-11-13-7-4-3-5-8-13/h3-5,7-8,14-15,17H,2,6,9-12H2,1H3,(H,18,19). The van der Waals surface area contributed by atoms with E-state index in [0.29, 0.717) is 19.1 Å². The number of hydrogen-bond acceptors (Lipinski definition) is 2. The fraction of sp³-hybridized carbons (Fsp3) is 0.562. The predicted molar refractivity (Wildman–Crippen MR) is 77.7 cm³/mol. The van der Waals surface area contributed by atoms with Gasteiger partial charge in [-0.25, -0.2) is 0 Å². The van der Waals surface area contributed by atoms with Crippen molar-refractivity contribution in [1.29, 1.82) is 0 Å². The highest BCUT2D eigenvalue weighted by Crippen LogP contribution is 2.27. The molecule has 3 nitrogen and oxygen atoms in total. The lowest BCUT2D eigenvalue weighted by atomic mass is 10.0. The van der Waals surface area contributed by atoms with Crippen molar-refractivity contribution in [3.05, 3.63) is 35.9 Å². The Hall–Kier alpha value is -1.35. The molecule has 3 heteroatoms. The molecule has 1 aromatic rings. The van der Waals surface area contributed by atoms with Gasteiger partial charge in [0.2, 0.25) is 5.91 Å². The fourth-order valence-corrected chi connectivity index (χ4v) is 2.88. The van der Waals surface area contributed by atoms with Crippen LogP contribution in [0.4, 0.5) is 0 Å². The zero-order chi connectivity index (χ0) is 13.5. The molecule has 0 aliphatic heterocycles. The third kappa shape index (κ3) is 4.35. The van der Waals surface area contributed by atoms with Crippen LogP contribution in [0.3, 0.4) is 0 Å². The monoisotopic (exact) mass is 260 g/mol. The lowest BCUT2D eigenvalue weighted by Gasteiger charge is -2.19. The first kappa shape index (κ1) is 14.1. The minimum Gasteiger partial charge on any atom is -0.351 e. The van der Waals surface area contributed by atoms with Crippen LogP contribution in [0.2, 0.25) is 0 Å². The van der Waals surface area contributed by atoms with E-state index in [4.69, 9.17) is 0 Å². The van der Waals surface area contributed by atoms with Crippen molar-refractivity contribution in [2.45, 2.75) is 45.2 Å². The second-order valence-electron chi connectivity index (χ2n) is 5.35. The summed E-state index contributed by atoms with van der Waals surface area (Å²) in [5, 5.41) is 6.36. The van der Waals surface area contributed by atoms with Crippen LogP contribution in [0.1, 0.15) is 38.2 Å². The third-order valence-corrected chi connectivity index (χ3v) is 4.04. The van der Waals surface area contributed by atoms with E-state index in [9.17, 15) is 4.79 Å². The van der Waals surface area contributed by atoms with Crippen LogP contribution in [-0.2, 0) is 11.3 Å². The molecule has 1 saturated carbocycles. The van der Waals surface area contributed by atoms with E-state index in [0.717, 1.165) is 11.5 Å². The van der Waals surface area contributed by atoms with E-state index in [1.165, 1.54) is 25.7 Å². The van der Waals surface area contributed by atoms with Crippen LogP contribution in [0, 0.1) is 5.92 Å². The lowest BCUT2D eigenvalue weighted by molar-refractivity contribution is -0.120. The zero-order valence-corrected chi connectivity index (χ0v) is 11.7. The van der Waals surface area contributed by atoms with Crippen molar-refractivity contribution in [2.75, 3.05) is 6.54 Å². The number of carbonyl (C=O) groups is 1. The SMILES string of the molecule is CCC1CCCC1NCC(=O)NCc1ccccc1.